The van der Waals surface area contributed by atoms with Crippen LogP contribution < -0.4 is 5.32 Å². The molecule has 17 heavy (non-hydrogen) atoms. The van der Waals surface area contributed by atoms with Gasteiger partial charge in [0.05, 0.1) is 5.01 Å². The van der Waals surface area contributed by atoms with Crippen molar-refractivity contribution < 1.29 is 9.59 Å². The minimum absolute atomic E-state index is 0.0703. The molecule has 1 aromatic heterocycles. The fourth-order valence-electron chi connectivity index (χ4n) is 1.97. The van der Waals surface area contributed by atoms with Gasteiger partial charge in [0.15, 0.2) is 0 Å². The molecule has 1 fully saturated rings. The van der Waals surface area contributed by atoms with Gasteiger partial charge >= 0.3 is 0 Å². The molecule has 0 radical (unpaired) electrons. The second-order valence-corrected chi connectivity index (χ2v) is 5.03. The standard InChI is InChI=1S/C11H15N3O2S/c1-3-9-10(15)12-4-5-14(9)11(16)8-6-17-7(2)13-8/h6,9H,3-5H2,1-2H3,(H,12,15). The van der Waals surface area contributed by atoms with Gasteiger partial charge in [-0.1, -0.05) is 6.92 Å². The highest BCUT2D eigenvalue weighted by Gasteiger charge is 2.32. The van der Waals surface area contributed by atoms with Crippen LogP contribution in [0.4, 0.5) is 0 Å². The summed E-state index contributed by atoms with van der Waals surface area (Å²) in [6.45, 7) is 4.84. The SMILES string of the molecule is CCC1C(=O)NCCN1C(=O)c1csc(C)n1. The van der Waals surface area contributed by atoms with Crippen LogP contribution in [0.2, 0.25) is 0 Å². The average molecular weight is 253 g/mol. The maximum Gasteiger partial charge on any atom is 0.274 e. The van der Waals surface area contributed by atoms with E-state index in [1.807, 2.05) is 13.8 Å². The van der Waals surface area contributed by atoms with Crippen molar-refractivity contribution in [3.05, 3.63) is 16.1 Å². The summed E-state index contributed by atoms with van der Waals surface area (Å²) in [5.74, 6) is -0.213. The summed E-state index contributed by atoms with van der Waals surface area (Å²) in [5.41, 5.74) is 0.445. The van der Waals surface area contributed by atoms with Gasteiger partial charge in [-0.25, -0.2) is 4.98 Å². The fraction of sp³-hybridized carbons (Fsp3) is 0.545. The van der Waals surface area contributed by atoms with E-state index in [2.05, 4.69) is 10.3 Å². The number of aryl methyl sites for hydroxylation is 1. The van der Waals surface area contributed by atoms with Crippen LogP contribution in [0.25, 0.3) is 0 Å². The highest BCUT2D eigenvalue weighted by atomic mass is 32.1. The zero-order valence-electron chi connectivity index (χ0n) is 9.90. The first-order valence-electron chi connectivity index (χ1n) is 5.64. The number of aromatic nitrogens is 1. The van der Waals surface area contributed by atoms with Crippen LogP contribution in [-0.2, 0) is 4.79 Å². The Balaban J connectivity index is 2.20. The number of nitrogens with one attached hydrogen (secondary N) is 1. The Kier molecular flexibility index (Phi) is 3.42. The lowest BCUT2D eigenvalue weighted by atomic mass is 10.1. The van der Waals surface area contributed by atoms with Crippen LogP contribution in [0.15, 0.2) is 5.38 Å². The summed E-state index contributed by atoms with van der Waals surface area (Å²) in [4.78, 5) is 29.7. The van der Waals surface area contributed by atoms with E-state index in [1.165, 1.54) is 11.3 Å². The van der Waals surface area contributed by atoms with Gasteiger partial charge < -0.3 is 10.2 Å². The molecule has 5 nitrogen and oxygen atoms in total. The third-order valence-corrected chi connectivity index (χ3v) is 3.59. The molecule has 0 spiro atoms. The van der Waals surface area contributed by atoms with Crippen molar-refractivity contribution in [2.75, 3.05) is 13.1 Å². The molecule has 1 aromatic rings. The van der Waals surface area contributed by atoms with E-state index in [1.54, 1.807) is 10.3 Å². The van der Waals surface area contributed by atoms with Crippen molar-refractivity contribution in [2.45, 2.75) is 26.3 Å². The van der Waals surface area contributed by atoms with Crippen LogP contribution in [0.3, 0.4) is 0 Å². The minimum Gasteiger partial charge on any atom is -0.353 e. The second-order valence-electron chi connectivity index (χ2n) is 3.97. The zero-order valence-corrected chi connectivity index (χ0v) is 10.7. The highest BCUT2D eigenvalue weighted by molar-refractivity contribution is 7.09. The van der Waals surface area contributed by atoms with Crippen molar-refractivity contribution in [1.82, 2.24) is 15.2 Å². The molecule has 0 bridgehead atoms. The molecule has 1 saturated heterocycles. The zero-order chi connectivity index (χ0) is 12.4. The summed E-state index contributed by atoms with van der Waals surface area (Å²) in [7, 11) is 0. The smallest absolute Gasteiger partial charge is 0.274 e. The maximum atomic E-state index is 12.2. The molecule has 2 rings (SSSR count). The van der Waals surface area contributed by atoms with Gasteiger partial charge in [-0.15, -0.1) is 11.3 Å². The number of amides is 2. The Morgan fingerprint density at radius 1 is 1.71 bits per heavy atom. The molecule has 0 saturated carbocycles. The number of rotatable bonds is 2. The van der Waals surface area contributed by atoms with Gasteiger partial charge in [-0.3, -0.25) is 9.59 Å². The Bertz CT molecular complexity index is 444. The molecule has 6 heteroatoms. The van der Waals surface area contributed by atoms with Crippen molar-refractivity contribution in [3.63, 3.8) is 0 Å². The Morgan fingerprint density at radius 3 is 3.06 bits per heavy atom. The Labute approximate surface area is 104 Å². The molecule has 0 aromatic carbocycles. The van der Waals surface area contributed by atoms with Gasteiger partial charge in [0.1, 0.15) is 11.7 Å². The van der Waals surface area contributed by atoms with Crippen molar-refractivity contribution >= 4 is 23.2 Å². The summed E-state index contributed by atoms with van der Waals surface area (Å²) in [5, 5.41) is 5.38. The Morgan fingerprint density at radius 2 is 2.47 bits per heavy atom. The van der Waals surface area contributed by atoms with Crippen molar-refractivity contribution in [2.24, 2.45) is 0 Å². The summed E-state index contributed by atoms with van der Waals surface area (Å²) in [6, 6.07) is -0.363. The normalized spacial score (nSPS) is 20.2. The van der Waals surface area contributed by atoms with Crippen LogP contribution in [-0.4, -0.2) is 40.8 Å². The number of thiazole rings is 1. The van der Waals surface area contributed by atoms with Crippen molar-refractivity contribution in [3.8, 4) is 0 Å². The van der Waals surface area contributed by atoms with E-state index >= 15 is 0 Å². The molecule has 1 atom stereocenters. The van der Waals surface area contributed by atoms with Gasteiger partial charge in [0.25, 0.3) is 5.91 Å². The molecule has 1 N–H and O–H groups in total. The predicted octanol–water partition coefficient (Wildman–Crippen LogP) is 0.802. The predicted molar refractivity (Wildman–Crippen MR) is 65.0 cm³/mol. The van der Waals surface area contributed by atoms with E-state index < -0.39 is 0 Å². The molecule has 0 aliphatic carbocycles. The molecule has 1 aliphatic rings. The first-order valence-corrected chi connectivity index (χ1v) is 6.52. The summed E-state index contributed by atoms with van der Waals surface area (Å²) < 4.78 is 0. The van der Waals surface area contributed by atoms with E-state index in [9.17, 15) is 9.59 Å². The lowest BCUT2D eigenvalue weighted by Crippen LogP contribution is -2.56. The number of carbonyl (C=O) groups is 2. The third kappa shape index (κ3) is 2.31. The highest BCUT2D eigenvalue weighted by Crippen LogP contribution is 2.15. The van der Waals surface area contributed by atoms with Gasteiger partial charge in [0, 0.05) is 18.5 Å². The maximum absolute atomic E-state index is 12.2. The molecular weight excluding hydrogens is 238 g/mol. The monoisotopic (exact) mass is 253 g/mol. The van der Waals surface area contributed by atoms with Crippen LogP contribution in [0.1, 0.15) is 28.8 Å². The van der Waals surface area contributed by atoms with E-state index in [-0.39, 0.29) is 17.9 Å². The molecule has 1 aliphatic heterocycles. The lowest BCUT2D eigenvalue weighted by molar-refractivity contribution is -0.127. The van der Waals surface area contributed by atoms with Crippen molar-refractivity contribution in [1.29, 1.82) is 0 Å². The van der Waals surface area contributed by atoms with Crippen LogP contribution >= 0.6 is 11.3 Å². The average Bonchev–Trinajstić information content (AvgIpc) is 2.74. The van der Waals surface area contributed by atoms with Crippen LogP contribution in [0, 0.1) is 6.92 Å². The minimum atomic E-state index is -0.363. The molecule has 2 amide bonds. The number of piperazine rings is 1. The second kappa shape index (κ2) is 4.83. The number of nitrogens with zero attached hydrogens (tertiary/aromatic N) is 2. The summed E-state index contributed by atoms with van der Waals surface area (Å²) in [6.07, 6.45) is 0.626. The van der Waals surface area contributed by atoms with Crippen LogP contribution in [0.5, 0.6) is 0 Å². The lowest BCUT2D eigenvalue weighted by Gasteiger charge is -2.34. The van der Waals surface area contributed by atoms with Gasteiger partial charge in [-0.05, 0) is 13.3 Å². The van der Waals surface area contributed by atoms with E-state index in [0.29, 0.717) is 25.2 Å². The number of hydrogen-bond donors (Lipinski definition) is 1. The van der Waals surface area contributed by atoms with Gasteiger partial charge in [0.2, 0.25) is 5.91 Å². The molecule has 92 valence electrons. The molecule has 2 heterocycles. The molecular formula is C11H15N3O2S. The first-order chi connectivity index (χ1) is 8.13. The Hall–Kier alpha value is -1.43. The number of carbonyl (C=O) groups excluding carboxylic acids is 2. The van der Waals surface area contributed by atoms with E-state index in [0.717, 1.165) is 5.01 Å². The summed E-state index contributed by atoms with van der Waals surface area (Å²) >= 11 is 1.45. The quantitative estimate of drug-likeness (QED) is 0.848. The van der Waals surface area contributed by atoms with E-state index in [4.69, 9.17) is 0 Å². The number of hydrogen-bond acceptors (Lipinski definition) is 4. The third-order valence-electron chi connectivity index (χ3n) is 2.82. The first kappa shape index (κ1) is 12.0. The molecule has 1 unspecified atom stereocenters. The largest absolute Gasteiger partial charge is 0.353 e. The fourth-order valence-corrected chi connectivity index (χ4v) is 2.56. The topological polar surface area (TPSA) is 62.3 Å². The van der Waals surface area contributed by atoms with Gasteiger partial charge in [-0.2, -0.15) is 0 Å².